The molecule has 1 aromatic heterocycles. The zero-order valence-corrected chi connectivity index (χ0v) is 17.9. The summed E-state index contributed by atoms with van der Waals surface area (Å²) in [5.74, 6) is 1.05. The van der Waals surface area contributed by atoms with Gasteiger partial charge in [0.1, 0.15) is 12.9 Å². The molecule has 0 atom stereocenters. The van der Waals surface area contributed by atoms with Crippen LogP contribution < -0.4 is 9.47 Å². The molecule has 0 saturated heterocycles. The van der Waals surface area contributed by atoms with Crippen molar-refractivity contribution >= 4 is 23.5 Å². The molecule has 1 heterocycles. The minimum atomic E-state index is -0.137. The molecule has 0 N–H and O–H groups in total. The summed E-state index contributed by atoms with van der Waals surface area (Å²) in [6, 6.07) is 20.0. The highest BCUT2D eigenvalue weighted by molar-refractivity contribution is 6.30. The average Bonchev–Trinajstić information content (AvgIpc) is 3.37. The molecular formula is C24H19ClN4O3. The van der Waals surface area contributed by atoms with E-state index in [2.05, 4.69) is 15.5 Å². The molecule has 0 aliphatic heterocycles. The first-order valence-corrected chi connectivity index (χ1v) is 10.1. The number of tetrazole rings is 1. The topological polar surface area (TPSA) is 79.1 Å². The Bertz CT molecular complexity index is 1240. The molecule has 0 fully saturated rings. The number of ether oxygens (including phenoxy) is 2. The van der Waals surface area contributed by atoms with Crippen LogP contribution in [0.25, 0.3) is 11.8 Å². The monoisotopic (exact) mass is 446 g/mol. The molecule has 3 aromatic carbocycles. The van der Waals surface area contributed by atoms with Crippen molar-refractivity contribution in [2.45, 2.75) is 6.61 Å². The van der Waals surface area contributed by atoms with Crippen LogP contribution in [0.15, 0.2) is 79.1 Å². The van der Waals surface area contributed by atoms with Gasteiger partial charge in [-0.2, -0.15) is 0 Å². The summed E-state index contributed by atoms with van der Waals surface area (Å²) in [5, 5.41) is 11.7. The summed E-state index contributed by atoms with van der Waals surface area (Å²) in [4.78, 5) is 12.6. The number of hydrogen-bond acceptors (Lipinski definition) is 6. The fourth-order valence-corrected chi connectivity index (χ4v) is 3.12. The predicted molar refractivity (Wildman–Crippen MR) is 121 cm³/mol. The fourth-order valence-electron chi connectivity index (χ4n) is 3.00. The van der Waals surface area contributed by atoms with Crippen LogP contribution in [0.2, 0.25) is 5.02 Å². The van der Waals surface area contributed by atoms with E-state index in [4.69, 9.17) is 21.1 Å². The normalized spacial score (nSPS) is 10.9. The van der Waals surface area contributed by atoms with E-state index in [1.54, 1.807) is 31.4 Å². The van der Waals surface area contributed by atoms with Gasteiger partial charge in [-0.05, 0) is 64.0 Å². The van der Waals surface area contributed by atoms with E-state index in [0.717, 1.165) is 11.1 Å². The number of halogens is 1. The van der Waals surface area contributed by atoms with Gasteiger partial charge in [0.15, 0.2) is 17.3 Å². The summed E-state index contributed by atoms with van der Waals surface area (Å²) in [6.07, 6.45) is 4.72. The average molecular weight is 447 g/mol. The molecule has 0 radical (unpaired) electrons. The minimum absolute atomic E-state index is 0.137. The third-order valence-corrected chi connectivity index (χ3v) is 4.92. The molecule has 0 aliphatic rings. The molecule has 0 aliphatic carbocycles. The van der Waals surface area contributed by atoms with Gasteiger partial charge in [0.05, 0.1) is 12.8 Å². The van der Waals surface area contributed by atoms with Crippen molar-refractivity contribution in [1.29, 1.82) is 0 Å². The highest BCUT2D eigenvalue weighted by Gasteiger charge is 2.08. The van der Waals surface area contributed by atoms with Gasteiger partial charge in [-0.25, -0.2) is 4.68 Å². The molecule has 4 rings (SSSR count). The molecule has 0 spiro atoms. The van der Waals surface area contributed by atoms with Crippen LogP contribution in [-0.4, -0.2) is 33.1 Å². The maximum absolute atomic E-state index is 12.6. The molecule has 0 amide bonds. The number of rotatable bonds is 8. The number of carbonyl (C=O) groups is 1. The van der Waals surface area contributed by atoms with Crippen LogP contribution in [0.5, 0.6) is 11.5 Å². The second kappa shape index (κ2) is 9.89. The van der Waals surface area contributed by atoms with E-state index < -0.39 is 0 Å². The van der Waals surface area contributed by atoms with Gasteiger partial charge in [-0.15, -0.1) is 5.10 Å². The molecule has 0 saturated carbocycles. The van der Waals surface area contributed by atoms with Crippen molar-refractivity contribution in [2.75, 3.05) is 7.11 Å². The Hall–Kier alpha value is -3.97. The summed E-state index contributed by atoms with van der Waals surface area (Å²) in [7, 11) is 1.58. The highest BCUT2D eigenvalue weighted by atomic mass is 35.5. The standard InChI is InChI=1S/C24H19ClN4O3/c1-31-24-13-17(8-12-23(24)32-15-18-5-9-20(25)10-6-18)7-11-22(30)19-3-2-4-21(14-19)29-16-26-27-28-29/h2-14,16H,15H2,1H3. The fraction of sp³-hybridized carbons (Fsp3) is 0.0833. The summed E-state index contributed by atoms with van der Waals surface area (Å²) in [6.45, 7) is 0.388. The third kappa shape index (κ3) is 5.19. The Labute approximate surface area is 189 Å². The van der Waals surface area contributed by atoms with E-state index in [0.29, 0.717) is 34.4 Å². The number of carbonyl (C=O) groups excluding carboxylic acids is 1. The van der Waals surface area contributed by atoms with Gasteiger partial charge in [-0.3, -0.25) is 4.79 Å². The highest BCUT2D eigenvalue weighted by Crippen LogP contribution is 2.29. The predicted octanol–water partition coefficient (Wildman–Crippen LogP) is 4.80. The molecule has 0 bridgehead atoms. The number of benzene rings is 3. The van der Waals surface area contributed by atoms with Crippen molar-refractivity contribution < 1.29 is 14.3 Å². The Morgan fingerprint density at radius 2 is 1.91 bits per heavy atom. The SMILES string of the molecule is COc1cc(C=CC(=O)c2cccc(-n3cnnn3)c2)ccc1OCc1ccc(Cl)cc1. The number of methoxy groups -OCH3 is 1. The maximum atomic E-state index is 12.6. The first-order chi connectivity index (χ1) is 15.6. The van der Waals surface area contributed by atoms with Gasteiger partial charge in [0.25, 0.3) is 0 Å². The van der Waals surface area contributed by atoms with Crippen LogP contribution in [0.3, 0.4) is 0 Å². The van der Waals surface area contributed by atoms with Crippen molar-refractivity contribution in [3.8, 4) is 17.2 Å². The molecule has 7 nitrogen and oxygen atoms in total. The van der Waals surface area contributed by atoms with Gasteiger partial charge in [-0.1, -0.05) is 48.0 Å². The minimum Gasteiger partial charge on any atom is -0.493 e. The zero-order valence-electron chi connectivity index (χ0n) is 17.2. The van der Waals surface area contributed by atoms with E-state index in [-0.39, 0.29) is 5.78 Å². The second-order valence-electron chi connectivity index (χ2n) is 6.83. The molecular weight excluding hydrogens is 428 g/mol. The Morgan fingerprint density at radius 3 is 2.66 bits per heavy atom. The van der Waals surface area contributed by atoms with Crippen LogP contribution in [0, 0.1) is 0 Å². The number of nitrogens with zero attached hydrogens (tertiary/aromatic N) is 4. The van der Waals surface area contributed by atoms with Crippen molar-refractivity contribution in [2.24, 2.45) is 0 Å². The lowest BCUT2D eigenvalue weighted by Crippen LogP contribution is -2.00. The lowest BCUT2D eigenvalue weighted by atomic mass is 10.1. The lowest BCUT2D eigenvalue weighted by Gasteiger charge is -2.11. The molecule has 8 heteroatoms. The van der Waals surface area contributed by atoms with Crippen molar-refractivity contribution in [1.82, 2.24) is 20.2 Å². The summed E-state index contributed by atoms with van der Waals surface area (Å²) >= 11 is 5.92. The van der Waals surface area contributed by atoms with E-state index in [9.17, 15) is 4.79 Å². The van der Waals surface area contributed by atoms with Gasteiger partial charge in [0.2, 0.25) is 0 Å². The Balaban J connectivity index is 1.45. The van der Waals surface area contributed by atoms with Gasteiger partial charge in [0, 0.05) is 10.6 Å². The van der Waals surface area contributed by atoms with Crippen LogP contribution in [0.1, 0.15) is 21.5 Å². The van der Waals surface area contributed by atoms with E-state index >= 15 is 0 Å². The van der Waals surface area contributed by atoms with Gasteiger partial charge < -0.3 is 9.47 Å². The largest absolute Gasteiger partial charge is 0.493 e. The Kier molecular flexibility index (Phi) is 6.57. The lowest BCUT2D eigenvalue weighted by molar-refractivity contribution is 0.104. The first-order valence-electron chi connectivity index (χ1n) is 9.73. The van der Waals surface area contributed by atoms with E-state index in [1.165, 1.54) is 17.1 Å². The van der Waals surface area contributed by atoms with Crippen LogP contribution in [0.4, 0.5) is 0 Å². The van der Waals surface area contributed by atoms with Crippen LogP contribution >= 0.6 is 11.6 Å². The molecule has 0 unspecified atom stereocenters. The summed E-state index contributed by atoms with van der Waals surface area (Å²) < 4.78 is 12.8. The number of aromatic nitrogens is 4. The van der Waals surface area contributed by atoms with Crippen LogP contribution in [-0.2, 0) is 6.61 Å². The molecule has 160 valence electrons. The third-order valence-electron chi connectivity index (χ3n) is 4.67. The first kappa shape index (κ1) is 21.3. The van der Waals surface area contributed by atoms with E-state index in [1.807, 2.05) is 48.5 Å². The number of allylic oxidation sites excluding steroid dienone is 1. The van der Waals surface area contributed by atoms with Gasteiger partial charge >= 0.3 is 0 Å². The van der Waals surface area contributed by atoms with Crippen molar-refractivity contribution in [3.63, 3.8) is 0 Å². The molecule has 32 heavy (non-hydrogen) atoms. The summed E-state index contributed by atoms with van der Waals surface area (Å²) in [5.41, 5.74) is 3.04. The number of hydrogen-bond donors (Lipinski definition) is 0. The quantitative estimate of drug-likeness (QED) is 0.286. The smallest absolute Gasteiger partial charge is 0.185 e. The maximum Gasteiger partial charge on any atom is 0.185 e. The molecule has 4 aromatic rings. The Morgan fingerprint density at radius 1 is 1.06 bits per heavy atom. The zero-order chi connectivity index (χ0) is 22.3. The van der Waals surface area contributed by atoms with Crippen molar-refractivity contribution in [3.05, 3.63) is 101 Å². The number of ketones is 1. The second-order valence-corrected chi connectivity index (χ2v) is 7.26.